The lowest BCUT2D eigenvalue weighted by Gasteiger charge is -2.23. The van der Waals surface area contributed by atoms with E-state index < -0.39 is 6.10 Å². The first kappa shape index (κ1) is 19.5. The highest BCUT2D eigenvalue weighted by Crippen LogP contribution is 2.36. The van der Waals surface area contributed by atoms with Crippen molar-refractivity contribution in [1.82, 2.24) is 0 Å². The summed E-state index contributed by atoms with van der Waals surface area (Å²) in [6.07, 6.45) is 1.22. The molecule has 0 radical (unpaired) electrons. The molecule has 1 aromatic carbocycles. The van der Waals surface area contributed by atoms with Crippen molar-refractivity contribution in [3.05, 3.63) is 57.7 Å². The van der Waals surface area contributed by atoms with E-state index in [9.17, 15) is 5.53 Å². The van der Waals surface area contributed by atoms with Gasteiger partial charge in [-0.15, -0.1) is 12.6 Å². The van der Waals surface area contributed by atoms with Crippen LogP contribution in [0.15, 0.2) is 41.0 Å². The molecule has 1 aliphatic carbocycles. The fourth-order valence-corrected chi connectivity index (χ4v) is 2.82. The zero-order valence-corrected chi connectivity index (χ0v) is 15.1. The Labute approximate surface area is 148 Å². The van der Waals surface area contributed by atoms with E-state index in [1.807, 2.05) is 45.0 Å². The molecule has 124 valence electrons. The third-order valence-electron chi connectivity index (χ3n) is 3.39. The minimum absolute atomic E-state index is 0. The molecular weight excluding hydrogens is 332 g/mol. The van der Waals surface area contributed by atoms with Gasteiger partial charge in [-0.2, -0.15) is 4.79 Å². The summed E-state index contributed by atoms with van der Waals surface area (Å²) in [6, 6.07) is 8.13. The average molecular weight is 352 g/mol. The Hall–Kier alpha value is -1.52. The average Bonchev–Trinajstić information content (AvgIpc) is 2.51. The van der Waals surface area contributed by atoms with Crippen LogP contribution in [0.4, 0.5) is 0 Å². The SMILES string of the molecule is CCOC1=CC(=[N+]=[N-])C(OCC)C(S)=C1c1ccc(C)cc1.[Cl-]. The van der Waals surface area contributed by atoms with Gasteiger partial charge in [0.15, 0.2) is 6.10 Å². The summed E-state index contributed by atoms with van der Waals surface area (Å²) >= 11 is 4.63. The molecule has 0 heterocycles. The van der Waals surface area contributed by atoms with Crippen LogP contribution < -0.4 is 12.4 Å². The monoisotopic (exact) mass is 351 g/mol. The van der Waals surface area contributed by atoms with Crippen molar-refractivity contribution >= 4 is 23.9 Å². The summed E-state index contributed by atoms with van der Waals surface area (Å²) in [5.41, 5.74) is 12.7. The maximum absolute atomic E-state index is 9.24. The zero-order valence-electron chi connectivity index (χ0n) is 13.4. The summed E-state index contributed by atoms with van der Waals surface area (Å²) in [6.45, 7) is 6.85. The molecule has 0 N–H and O–H groups in total. The van der Waals surface area contributed by atoms with Gasteiger partial charge in [0.25, 0.3) is 0 Å². The molecule has 0 fully saturated rings. The minimum atomic E-state index is -0.487. The number of aryl methyl sites for hydroxylation is 1. The summed E-state index contributed by atoms with van der Waals surface area (Å²) in [5, 5.41) is 0. The molecule has 2 rings (SSSR count). The first-order valence-electron chi connectivity index (χ1n) is 7.30. The molecule has 6 heteroatoms. The zero-order chi connectivity index (χ0) is 16.1. The van der Waals surface area contributed by atoms with Crippen molar-refractivity contribution in [3.63, 3.8) is 0 Å². The molecule has 1 unspecified atom stereocenters. The number of thiol groups is 1. The van der Waals surface area contributed by atoms with E-state index in [1.165, 1.54) is 5.56 Å². The molecule has 1 aliphatic rings. The Morgan fingerprint density at radius 3 is 2.35 bits per heavy atom. The number of ether oxygens (including phenoxy) is 2. The van der Waals surface area contributed by atoms with Crippen LogP contribution in [0.25, 0.3) is 11.1 Å². The van der Waals surface area contributed by atoms with E-state index in [1.54, 1.807) is 6.08 Å². The largest absolute Gasteiger partial charge is 1.00 e. The van der Waals surface area contributed by atoms with Crippen LogP contribution in [-0.2, 0) is 9.47 Å². The number of hydrogen-bond acceptors (Lipinski definition) is 3. The molecule has 0 saturated heterocycles. The topological polar surface area (TPSA) is 54.9 Å². The fourth-order valence-electron chi connectivity index (χ4n) is 2.37. The van der Waals surface area contributed by atoms with E-state index in [0.717, 1.165) is 11.1 Å². The second-order valence-corrected chi connectivity index (χ2v) is 5.41. The second kappa shape index (κ2) is 8.94. The van der Waals surface area contributed by atoms with Crippen LogP contribution >= 0.6 is 12.6 Å². The molecule has 4 nitrogen and oxygen atoms in total. The van der Waals surface area contributed by atoms with Crippen molar-refractivity contribution in [2.45, 2.75) is 26.9 Å². The van der Waals surface area contributed by atoms with E-state index >= 15 is 0 Å². The van der Waals surface area contributed by atoms with Gasteiger partial charge in [0.05, 0.1) is 12.7 Å². The Morgan fingerprint density at radius 2 is 1.83 bits per heavy atom. The molecule has 0 amide bonds. The Balaban J connectivity index is 0.00000264. The lowest BCUT2D eigenvalue weighted by atomic mass is 9.94. The molecule has 0 bridgehead atoms. The number of benzene rings is 1. The van der Waals surface area contributed by atoms with Gasteiger partial charge in [0.2, 0.25) is 0 Å². The number of allylic oxidation sites excluding steroid dienone is 1. The van der Waals surface area contributed by atoms with Gasteiger partial charge in [0.1, 0.15) is 5.76 Å². The van der Waals surface area contributed by atoms with Crippen molar-refractivity contribution in [1.29, 1.82) is 0 Å². The maximum atomic E-state index is 9.24. The van der Waals surface area contributed by atoms with E-state index in [0.29, 0.717) is 29.6 Å². The summed E-state index contributed by atoms with van der Waals surface area (Å²) < 4.78 is 11.4. The molecular formula is C17H20ClN2O2S-. The summed E-state index contributed by atoms with van der Waals surface area (Å²) in [7, 11) is 0. The summed E-state index contributed by atoms with van der Waals surface area (Å²) in [5.74, 6) is 0.639. The number of hydrogen-bond donors (Lipinski definition) is 1. The van der Waals surface area contributed by atoms with Gasteiger partial charge in [-0.05, 0) is 26.3 Å². The fraction of sp³-hybridized carbons (Fsp3) is 0.353. The van der Waals surface area contributed by atoms with Gasteiger partial charge in [-0.3, -0.25) is 0 Å². The maximum Gasteiger partial charge on any atom is 0.329 e. The van der Waals surface area contributed by atoms with Crippen molar-refractivity contribution in [2.75, 3.05) is 13.2 Å². The molecule has 0 spiro atoms. The minimum Gasteiger partial charge on any atom is -1.00 e. The lowest BCUT2D eigenvalue weighted by molar-refractivity contribution is -0.0223. The highest BCUT2D eigenvalue weighted by Gasteiger charge is 2.34. The van der Waals surface area contributed by atoms with Gasteiger partial charge in [-0.1, -0.05) is 29.8 Å². The highest BCUT2D eigenvalue weighted by molar-refractivity contribution is 7.84. The van der Waals surface area contributed by atoms with Gasteiger partial charge >= 0.3 is 5.71 Å². The molecule has 0 aliphatic heterocycles. The normalized spacial score (nSPS) is 17.3. The van der Waals surface area contributed by atoms with E-state index in [4.69, 9.17) is 9.47 Å². The number of nitrogens with zero attached hydrogens (tertiary/aromatic N) is 2. The predicted molar refractivity (Wildman–Crippen MR) is 90.8 cm³/mol. The molecule has 1 aromatic rings. The molecule has 0 saturated carbocycles. The van der Waals surface area contributed by atoms with E-state index in [-0.39, 0.29) is 12.4 Å². The Morgan fingerprint density at radius 1 is 1.17 bits per heavy atom. The number of halogens is 1. The predicted octanol–water partition coefficient (Wildman–Crippen LogP) is 0.650. The van der Waals surface area contributed by atoms with Crippen molar-refractivity contribution < 1.29 is 26.7 Å². The quantitative estimate of drug-likeness (QED) is 0.481. The van der Waals surface area contributed by atoms with Crippen LogP contribution in [0.2, 0.25) is 0 Å². The van der Waals surface area contributed by atoms with E-state index in [2.05, 4.69) is 17.4 Å². The van der Waals surface area contributed by atoms with Gasteiger partial charge in [-0.25, -0.2) is 0 Å². The Bertz CT molecular complexity index is 662. The van der Waals surface area contributed by atoms with Crippen LogP contribution in [-0.4, -0.2) is 29.8 Å². The lowest BCUT2D eigenvalue weighted by Crippen LogP contribution is -3.00. The van der Waals surface area contributed by atoms with Crippen LogP contribution in [0.1, 0.15) is 25.0 Å². The van der Waals surface area contributed by atoms with Gasteiger partial charge < -0.3 is 27.4 Å². The third-order valence-corrected chi connectivity index (χ3v) is 3.85. The Kier molecular flexibility index (Phi) is 7.59. The summed E-state index contributed by atoms with van der Waals surface area (Å²) in [4.78, 5) is 4.01. The standard InChI is InChI=1S/C17H20N2O2S.ClH/c1-4-20-14-10-13(19-18)16(21-5-2)17(22)15(14)12-8-6-11(3)7-9-12;/h6-10,16,22H,4-5H2,1-3H3;1H/p-1. The molecule has 23 heavy (non-hydrogen) atoms. The van der Waals surface area contributed by atoms with Crippen molar-refractivity contribution in [2.24, 2.45) is 0 Å². The van der Waals surface area contributed by atoms with Gasteiger partial charge in [0, 0.05) is 17.1 Å². The number of rotatable bonds is 5. The highest BCUT2D eigenvalue weighted by atomic mass is 35.5. The van der Waals surface area contributed by atoms with Crippen LogP contribution in [0, 0.1) is 6.92 Å². The first-order valence-corrected chi connectivity index (χ1v) is 7.75. The second-order valence-electron chi connectivity index (χ2n) is 4.93. The van der Waals surface area contributed by atoms with Crippen LogP contribution in [0.5, 0.6) is 0 Å². The molecule has 0 aromatic heterocycles. The third kappa shape index (κ3) is 4.27. The van der Waals surface area contributed by atoms with Crippen LogP contribution in [0.3, 0.4) is 0 Å². The molecule has 1 atom stereocenters. The smallest absolute Gasteiger partial charge is 0.329 e. The first-order chi connectivity index (χ1) is 10.6. The van der Waals surface area contributed by atoms with Crippen molar-refractivity contribution in [3.8, 4) is 0 Å².